The number of hydrogen-bond acceptors (Lipinski definition) is 16. The fourth-order valence-corrected chi connectivity index (χ4v) is 12.3. The van der Waals surface area contributed by atoms with Crippen LogP contribution in [-0.2, 0) is 54.7 Å². The van der Waals surface area contributed by atoms with Gasteiger partial charge in [-0.2, -0.15) is 0 Å². The lowest BCUT2D eigenvalue weighted by Crippen LogP contribution is -2.52. The SMILES string of the molecule is CC(C)[C@H](NC(=O)OC(C)(C)C)C(=O)N1C[C@H](OC(=O)N2Cc3cc4c(cc3C2)OCO4)CC1c1ncc(-c2ccc(-c3ccc(-c4cnc(C5C[C@@H](OC(=O)N6Cc7cc8c(cc7C6)OCO8)CN5C(=O)[C@@H](NC(=O)OC(C)(C)C)C(C)C)[nH]4)cc3)cc2)[nH]1. The number of aromatic nitrogens is 4. The first-order chi connectivity index (χ1) is 42.9. The Kier molecular flexibility index (Phi) is 16.3. The molecule has 6 aromatic rings. The number of hydrogen-bond donors (Lipinski definition) is 4. The van der Waals surface area contributed by atoms with Crippen molar-refractivity contribution >= 4 is 36.2 Å². The number of benzene rings is 4. The molecule has 24 heteroatoms. The minimum atomic E-state index is -0.952. The van der Waals surface area contributed by atoms with Gasteiger partial charge in [0.15, 0.2) is 23.0 Å². The molecule has 2 fully saturated rings. The lowest BCUT2D eigenvalue weighted by Gasteiger charge is -2.31. The van der Waals surface area contributed by atoms with Crippen molar-refractivity contribution in [2.45, 2.75) is 156 Å². The summed E-state index contributed by atoms with van der Waals surface area (Å²) in [5.41, 5.74) is 7.17. The molecule has 2 aromatic heterocycles. The van der Waals surface area contributed by atoms with Gasteiger partial charge in [-0.3, -0.25) is 19.4 Å². The maximum atomic E-state index is 14.7. The van der Waals surface area contributed by atoms with Crippen LogP contribution in [0.5, 0.6) is 23.0 Å². The number of ether oxygens (including phenoxy) is 8. The molecule has 0 radical (unpaired) electrons. The van der Waals surface area contributed by atoms with E-state index in [1.807, 2.05) is 100 Å². The van der Waals surface area contributed by atoms with Crippen molar-refractivity contribution in [1.29, 1.82) is 0 Å². The van der Waals surface area contributed by atoms with Gasteiger partial charge < -0.3 is 68.3 Å². The molecular formula is C66H76N10O14. The Labute approximate surface area is 521 Å². The molecule has 8 heterocycles. The number of nitrogens with zero attached hydrogens (tertiary/aromatic N) is 6. The Morgan fingerprint density at radius 1 is 0.511 bits per heavy atom. The number of alkyl carbamates (subject to hydrolysis) is 2. The largest absolute Gasteiger partial charge is 0.454 e. The van der Waals surface area contributed by atoms with E-state index in [1.54, 1.807) is 73.5 Å². The molecule has 0 spiro atoms. The molecule has 6 aliphatic rings. The molecule has 2 saturated heterocycles. The molecule has 2 unspecified atom stereocenters. The Balaban J connectivity index is 0.729. The number of carbonyl (C=O) groups excluding carboxylic acids is 6. The molecule has 474 valence electrons. The van der Waals surface area contributed by atoms with Crippen molar-refractivity contribution in [2.75, 3.05) is 26.7 Å². The Hall–Kier alpha value is -9.48. The van der Waals surface area contributed by atoms with E-state index in [2.05, 4.69) is 20.6 Å². The average molecular weight is 1230 g/mol. The van der Waals surface area contributed by atoms with Crippen molar-refractivity contribution in [3.8, 4) is 56.6 Å². The van der Waals surface area contributed by atoms with Crippen molar-refractivity contribution < 1.29 is 66.7 Å². The van der Waals surface area contributed by atoms with E-state index in [0.717, 1.165) is 44.5 Å². The number of imidazole rings is 2. The van der Waals surface area contributed by atoms with Gasteiger partial charge in [0.05, 0.1) is 49.0 Å². The third kappa shape index (κ3) is 13.0. The fourth-order valence-electron chi connectivity index (χ4n) is 12.3. The second-order valence-electron chi connectivity index (χ2n) is 26.4. The van der Waals surface area contributed by atoms with Gasteiger partial charge in [-0.25, -0.2) is 29.1 Å². The zero-order valence-corrected chi connectivity index (χ0v) is 52.2. The molecule has 4 aromatic carbocycles. The van der Waals surface area contributed by atoms with Crippen LogP contribution in [0.3, 0.4) is 0 Å². The average Bonchev–Trinajstić information content (AvgIpc) is 1.73. The van der Waals surface area contributed by atoms with Crippen LogP contribution in [-0.4, -0.2) is 138 Å². The first-order valence-electron chi connectivity index (χ1n) is 30.5. The Bertz CT molecular complexity index is 3430. The number of fused-ring (bicyclic) bond motifs is 4. The second-order valence-corrected chi connectivity index (χ2v) is 26.4. The van der Waals surface area contributed by atoms with E-state index in [-0.39, 0.29) is 63.2 Å². The van der Waals surface area contributed by atoms with E-state index < -0.39 is 72.0 Å². The van der Waals surface area contributed by atoms with Gasteiger partial charge in [-0.15, -0.1) is 0 Å². The summed E-state index contributed by atoms with van der Waals surface area (Å²) in [4.78, 5) is 106. The van der Waals surface area contributed by atoms with Gasteiger partial charge in [0.1, 0.15) is 47.1 Å². The van der Waals surface area contributed by atoms with Gasteiger partial charge in [0.25, 0.3) is 0 Å². The zero-order valence-electron chi connectivity index (χ0n) is 52.2. The quantitative estimate of drug-likeness (QED) is 0.0783. The topological polar surface area (TPSA) is 271 Å². The molecule has 0 bridgehead atoms. The van der Waals surface area contributed by atoms with E-state index >= 15 is 0 Å². The number of carbonyl (C=O) groups is 6. The maximum Gasteiger partial charge on any atom is 0.410 e. The van der Waals surface area contributed by atoms with Crippen LogP contribution < -0.4 is 29.6 Å². The molecule has 24 nitrogen and oxygen atoms in total. The van der Waals surface area contributed by atoms with Crippen LogP contribution in [0.15, 0.2) is 85.2 Å². The van der Waals surface area contributed by atoms with Gasteiger partial charge in [-0.1, -0.05) is 76.2 Å². The van der Waals surface area contributed by atoms with E-state index in [9.17, 15) is 28.8 Å². The number of likely N-dealkylation sites (tertiary alicyclic amines) is 2. The molecule has 6 atom stereocenters. The molecule has 6 amide bonds. The maximum absolute atomic E-state index is 14.7. The number of rotatable bonds is 13. The molecular weight excluding hydrogens is 1160 g/mol. The highest BCUT2D eigenvalue weighted by molar-refractivity contribution is 5.88. The highest BCUT2D eigenvalue weighted by Gasteiger charge is 2.46. The summed E-state index contributed by atoms with van der Waals surface area (Å²) in [6, 6.07) is 20.4. The van der Waals surface area contributed by atoms with Gasteiger partial charge >= 0.3 is 24.4 Å². The first kappa shape index (κ1) is 60.8. The number of amides is 6. The zero-order chi connectivity index (χ0) is 63.5. The summed E-state index contributed by atoms with van der Waals surface area (Å²) < 4.78 is 45.7. The highest BCUT2D eigenvalue weighted by atomic mass is 16.7. The number of H-pyrrole nitrogens is 2. The van der Waals surface area contributed by atoms with Crippen LogP contribution in [0.1, 0.15) is 128 Å². The third-order valence-corrected chi connectivity index (χ3v) is 16.7. The summed E-state index contributed by atoms with van der Waals surface area (Å²) in [7, 11) is 0. The van der Waals surface area contributed by atoms with Crippen LogP contribution >= 0.6 is 0 Å². The van der Waals surface area contributed by atoms with Crippen LogP contribution in [0, 0.1) is 11.8 Å². The molecule has 90 heavy (non-hydrogen) atoms. The summed E-state index contributed by atoms with van der Waals surface area (Å²) in [5.74, 6) is 2.17. The number of nitrogens with one attached hydrogen (secondary N) is 4. The predicted octanol–water partition coefficient (Wildman–Crippen LogP) is 10.3. The smallest absolute Gasteiger partial charge is 0.410 e. The van der Waals surface area contributed by atoms with E-state index in [0.29, 0.717) is 72.2 Å². The Morgan fingerprint density at radius 3 is 1.14 bits per heavy atom. The van der Waals surface area contributed by atoms with Gasteiger partial charge in [-0.05, 0) is 122 Å². The summed E-state index contributed by atoms with van der Waals surface area (Å²) in [6.45, 7) is 19.7. The standard InChI is InChI=1S/C66H76N10O14/c1-35(2)55(71-61(79)89-65(5,6)7)59(77)75-31-45(87-63(81)73-27-41-19-51-52(84-33-83-51)20-42(41)28-73)23-49(75)57-67-25-47(69-57)39-15-11-37(12-16-39)38-13-17-40(18-14-38)48-26-68-58(70-48)50-24-46(32-76(50)60(78)56(36(3)4)72-62(80)90-66(8,9)10)88-64(82)74-29-43-21-53-54(86-34-85-53)22-44(43)30-74/h11-22,25-26,35-36,45-46,49-50,55-56H,23-24,27-34H2,1-10H3,(H,67,69)(H,68,70)(H,71,79)(H,72,80)/t45-,46-,49?,50?,55+,56+/m1/s1. The fraction of sp³-hybridized carbons (Fsp3) is 0.455. The lowest BCUT2D eigenvalue weighted by atomic mass is 10.0. The number of aromatic amines is 2. The monoisotopic (exact) mass is 1230 g/mol. The molecule has 0 saturated carbocycles. The van der Waals surface area contributed by atoms with Crippen molar-refractivity contribution in [2.24, 2.45) is 11.8 Å². The second kappa shape index (κ2) is 24.1. The minimum Gasteiger partial charge on any atom is -0.454 e. The van der Waals surface area contributed by atoms with Crippen molar-refractivity contribution in [1.82, 2.24) is 50.2 Å². The third-order valence-electron chi connectivity index (χ3n) is 16.7. The molecule has 4 N–H and O–H groups in total. The molecule has 6 aliphatic heterocycles. The van der Waals surface area contributed by atoms with Crippen molar-refractivity contribution in [3.05, 3.63) is 119 Å². The van der Waals surface area contributed by atoms with Crippen molar-refractivity contribution in [3.63, 3.8) is 0 Å². The lowest BCUT2D eigenvalue weighted by molar-refractivity contribution is -0.136. The van der Waals surface area contributed by atoms with Gasteiger partial charge in [0, 0.05) is 39.0 Å². The molecule has 0 aliphatic carbocycles. The van der Waals surface area contributed by atoms with Gasteiger partial charge in [0.2, 0.25) is 25.4 Å². The summed E-state index contributed by atoms with van der Waals surface area (Å²) in [6.07, 6.45) is 0.0767. The highest BCUT2D eigenvalue weighted by Crippen LogP contribution is 2.42. The summed E-state index contributed by atoms with van der Waals surface area (Å²) in [5, 5.41) is 5.59. The van der Waals surface area contributed by atoms with E-state index in [1.165, 1.54) is 0 Å². The van der Waals surface area contributed by atoms with Crippen LogP contribution in [0.25, 0.3) is 33.6 Å². The molecule has 12 rings (SSSR count). The minimum absolute atomic E-state index is 0.0658. The first-order valence-corrected chi connectivity index (χ1v) is 30.5. The van der Waals surface area contributed by atoms with Crippen LogP contribution in [0.2, 0.25) is 0 Å². The van der Waals surface area contributed by atoms with Crippen LogP contribution in [0.4, 0.5) is 19.2 Å². The summed E-state index contributed by atoms with van der Waals surface area (Å²) >= 11 is 0. The van der Waals surface area contributed by atoms with E-state index in [4.69, 9.17) is 47.9 Å². The Morgan fingerprint density at radius 2 is 0.833 bits per heavy atom. The normalized spacial score (nSPS) is 19.6. The predicted molar refractivity (Wildman–Crippen MR) is 325 cm³/mol.